The van der Waals surface area contributed by atoms with Crippen LogP contribution in [0, 0.1) is 0 Å². The van der Waals surface area contributed by atoms with Gasteiger partial charge in [0.1, 0.15) is 11.4 Å². The Kier molecular flexibility index (Phi) is 5.34. The lowest BCUT2D eigenvalue weighted by Gasteiger charge is -2.14. The van der Waals surface area contributed by atoms with Crippen LogP contribution in [0.4, 0.5) is 0 Å². The maximum absolute atomic E-state index is 13.5. The summed E-state index contributed by atoms with van der Waals surface area (Å²) in [5, 5.41) is 4.18. The first-order valence-corrected chi connectivity index (χ1v) is 13.7. The molecule has 0 N–H and O–H groups in total. The average Bonchev–Trinajstić information content (AvgIpc) is 3.56. The molecule has 42 heavy (non-hydrogen) atoms. The number of ketones is 2. The van der Waals surface area contributed by atoms with Gasteiger partial charge in [0, 0.05) is 45.1 Å². The van der Waals surface area contributed by atoms with Crippen molar-refractivity contribution in [2.75, 3.05) is 0 Å². The number of nitrogens with zero attached hydrogens (tertiary/aromatic N) is 4. The Morgan fingerprint density at radius 1 is 0.429 bits per heavy atom. The van der Waals surface area contributed by atoms with Gasteiger partial charge >= 0.3 is 0 Å². The minimum absolute atomic E-state index is 0.139. The van der Waals surface area contributed by atoms with E-state index in [9.17, 15) is 9.59 Å². The van der Waals surface area contributed by atoms with Crippen LogP contribution >= 0.6 is 0 Å². The van der Waals surface area contributed by atoms with E-state index in [1.165, 1.54) is 0 Å². The van der Waals surface area contributed by atoms with Crippen LogP contribution in [0.15, 0.2) is 134 Å². The SMILES string of the molecule is O=C(c1ccc2c3ccccc3n(-n3c4ccccc4c4ccc(C(=O)c5ccccn5)cc43)c2c1)c1ccccn1. The van der Waals surface area contributed by atoms with Gasteiger partial charge in [-0.3, -0.25) is 19.6 Å². The van der Waals surface area contributed by atoms with Gasteiger partial charge in [0.05, 0.1) is 22.1 Å². The fourth-order valence-electron chi connectivity index (χ4n) is 5.90. The monoisotopic (exact) mass is 542 g/mol. The fourth-order valence-corrected chi connectivity index (χ4v) is 5.90. The molecule has 0 fully saturated rings. The zero-order valence-electron chi connectivity index (χ0n) is 22.3. The van der Waals surface area contributed by atoms with Gasteiger partial charge in [0.2, 0.25) is 11.6 Å². The number of benzene rings is 4. The fraction of sp³-hybridized carbons (Fsp3) is 0. The summed E-state index contributed by atoms with van der Waals surface area (Å²) < 4.78 is 4.30. The number of carbonyl (C=O) groups is 2. The molecule has 4 heterocycles. The van der Waals surface area contributed by atoms with Crippen molar-refractivity contribution in [2.24, 2.45) is 0 Å². The Morgan fingerprint density at radius 2 is 0.833 bits per heavy atom. The molecule has 0 radical (unpaired) electrons. The molecule has 0 atom stereocenters. The molecule has 0 aliphatic rings. The van der Waals surface area contributed by atoms with E-state index in [-0.39, 0.29) is 11.6 Å². The maximum Gasteiger partial charge on any atom is 0.211 e. The summed E-state index contributed by atoms with van der Waals surface area (Å²) >= 11 is 0. The average molecular weight is 543 g/mol. The molecule has 0 saturated heterocycles. The standard InChI is InChI=1S/C36H22N4O2/c41-35(29-11-5-7-19-37-29)23-15-17-27-25-9-1-3-13-31(25)39(33(27)21-23)40-32-14-4-2-10-26(32)28-18-16-24(22-34(28)40)36(42)30-12-6-8-20-38-30/h1-22H. The van der Waals surface area contributed by atoms with Gasteiger partial charge in [-0.2, -0.15) is 0 Å². The predicted octanol–water partition coefficient (Wildman–Crippen LogP) is 7.47. The third-order valence-electron chi connectivity index (χ3n) is 7.82. The molecule has 0 aliphatic carbocycles. The summed E-state index contributed by atoms with van der Waals surface area (Å²) in [5.41, 5.74) is 5.62. The maximum atomic E-state index is 13.5. The van der Waals surface area contributed by atoms with E-state index in [2.05, 4.69) is 43.6 Å². The van der Waals surface area contributed by atoms with E-state index >= 15 is 0 Å². The van der Waals surface area contributed by atoms with E-state index in [0.717, 1.165) is 43.6 Å². The normalized spacial score (nSPS) is 11.5. The van der Waals surface area contributed by atoms with Gasteiger partial charge < -0.3 is 0 Å². The van der Waals surface area contributed by atoms with Gasteiger partial charge in [0.15, 0.2) is 0 Å². The second-order valence-electron chi connectivity index (χ2n) is 10.2. The molecule has 0 saturated carbocycles. The highest BCUT2D eigenvalue weighted by Crippen LogP contribution is 2.36. The van der Waals surface area contributed by atoms with Gasteiger partial charge in [0.25, 0.3) is 0 Å². The van der Waals surface area contributed by atoms with Crippen LogP contribution in [-0.2, 0) is 0 Å². The minimum Gasteiger partial charge on any atom is -0.287 e. The Labute approximate surface area is 240 Å². The van der Waals surface area contributed by atoms with Crippen molar-refractivity contribution in [3.8, 4) is 0 Å². The van der Waals surface area contributed by atoms with Crippen LogP contribution in [0.25, 0.3) is 43.6 Å². The number of rotatable bonds is 5. The van der Waals surface area contributed by atoms with E-state index in [1.54, 1.807) is 36.7 Å². The van der Waals surface area contributed by atoms with E-state index in [4.69, 9.17) is 0 Å². The van der Waals surface area contributed by atoms with Crippen molar-refractivity contribution >= 4 is 55.2 Å². The summed E-state index contributed by atoms with van der Waals surface area (Å²) in [6, 6.07) is 38.8. The Balaban J connectivity index is 1.45. The van der Waals surface area contributed by atoms with Crippen molar-refractivity contribution in [3.05, 3.63) is 156 Å². The van der Waals surface area contributed by atoms with Crippen LogP contribution in [0.2, 0.25) is 0 Å². The minimum atomic E-state index is -0.139. The van der Waals surface area contributed by atoms with Crippen LogP contribution in [0.5, 0.6) is 0 Å². The molecule has 198 valence electrons. The predicted molar refractivity (Wildman–Crippen MR) is 165 cm³/mol. The summed E-state index contributed by atoms with van der Waals surface area (Å²) in [6.07, 6.45) is 3.26. The molecule has 0 unspecified atom stereocenters. The zero-order valence-corrected chi connectivity index (χ0v) is 22.3. The first-order chi connectivity index (χ1) is 20.7. The highest BCUT2D eigenvalue weighted by molar-refractivity contribution is 6.16. The number of pyridine rings is 2. The topological polar surface area (TPSA) is 69.8 Å². The molecule has 4 aromatic carbocycles. The number of hydrogen-bond donors (Lipinski definition) is 0. The molecule has 6 heteroatoms. The Hall–Kier alpha value is -5.88. The number of para-hydroxylation sites is 2. The highest BCUT2D eigenvalue weighted by Gasteiger charge is 2.21. The van der Waals surface area contributed by atoms with Gasteiger partial charge in [-0.25, -0.2) is 9.35 Å². The lowest BCUT2D eigenvalue weighted by molar-refractivity contribution is 0.102. The van der Waals surface area contributed by atoms with Gasteiger partial charge in [-0.1, -0.05) is 72.8 Å². The molecule has 0 amide bonds. The van der Waals surface area contributed by atoms with Crippen molar-refractivity contribution in [1.82, 2.24) is 19.3 Å². The quantitative estimate of drug-likeness (QED) is 0.212. The van der Waals surface area contributed by atoms with Crippen LogP contribution < -0.4 is 0 Å². The molecular weight excluding hydrogens is 520 g/mol. The third-order valence-corrected chi connectivity index (χ3v) is 7.82. The van der Waals surface area contributed by atoms with Crippen molar-refractivity contribution in [2.45, 2.75) is 0 Å². The first kappa shape index (κ1) is 24.0. The van der Waals surface area contributed by atoms with Crippen molar-refractivity contribution < 1.29 is 9.59 Å². The van der Waals surface area contributed by atoms with E-state index < -0.39 is 0 Å². The summed E-state index contributed by atoms with van der Waals surface area (Å²) in [6.45, 7) is 0. The highest BCUT2D eigenvalue weighted by atomic mass is 16.1. The van der Waals surface area contributed by atoms with Crippen molar-refractivity contribution in [3.63, 3.8) is 0 Å². The molecule has 6 nitrogen and oxygen atoms in total. The van der Waals surface area contributed by atoms with Crippen LogP contribution in [0.3, 0.4) is 0 Å². The summed E-state index contributed by atoms with van der Waals surface area (Å²) in [4.78, 5) is 35.5. The molecule has 8 aromatic rings. The molecule has 8 rings (SSSR count). The lowest BCUT2D eigenvalue weighted by atomic mass is 10.0. The first-order valence-electron chi connectivity index (χ1n) is 13.7. The van der Waals surface area contributed by atoms with E-state index in [0.29, 0.717) is 22.5 Å². The summed E-state index contributed by atoms with van der Waals surface area (Å²) in [5.74, 6) is -0.278. The largest absolute Gasteiger partial charge is 0.287 e. The molecule has 0 bridgehead atoms. The number of fused-ring (bicyclic) bond motifs is 6. The third kappa shape index (κ3) is 3.59. The number of carbonyl (C=O) groups excluding carboxylic acids is 2. The van der Waals surface area contributed by atoms with E-state index in [1.807, 2.05) is 72.8 Å². The summed E-state index contributed by atoms with van der Waals surface area (Å²) in [7, 11) is 0. The number of hydrogen-bond acceptors (Lipinski definition) is 4. The second-order valence-corrected chi connectivity index (χ2v) is 10.2. The Bertz CT molecular complexity index is 2170. The van der Waals surface area contributed by atoms with Gasteiger partial charge in [-0.05, 0) is 48.5 Å². The van der Waals surface area contributed by atoms with Crippen LogP contribution in [0.1, 0.15) is 32.1 Å². The number of aromatic nitrogens is 4. The second kappa shape index (κ2) is 9.35. The molecule has 0 spiro atoms. The molecule has 0 aliphatic heterocycles. The van der Waals surface area contributed by atoms with Gasteiger partial charge in [-0.15, -0.1) is 0 Å². The molecule has 4 aromatic heterocycles. The van der Waals surface area contributed by atoms with Crippen LogP contribution in [-0.4, -0.2) is 30.9 Å². The zero-order chi connectivity index (χ0) is 28.2. The Morgan fingerprint density at radius 3 is 1.26 bits per heavy atom. The lowest BCUT2D eigenvalue weighted by Crippen LogP contribution is -2.10. The smallest absolute Gasteiger partial charge is 0.211 e. The molecular formula is C36H22N4O2. The van der Waals surface area contributed by atoms with Crippen molar-refractivity contribution in [1.29, 1.82) is 0 Å².